The summed E-state index contributed by atoms with van der Waals surface area (Å²) in [6.07, 6.45) is 1.83. The Bertz CT molecular complexity index is 997. The molecule has 0 aliphatic heterocycles. The number of nitrogens with zero attached hydrogens (tertiary/aromatic N) is 6. The molecular weight excluding hydrogens is 369 g/mol. The number of carbonyl (C=O) groups excluding carboxylic acids is 1. The summed E-state index contributed by atoms with van der Waals surface area (Å²) in [5, 5.41) is 21.6. The van der Waals surface area contributed by atoms with Crippen molar-refractivity contribution in [2.24, 2.45) is 0 Å². The van der Waals surface area contributed by atoms with Gasteiger partial charge in [0.15, 0.2) is 6.04 Å². The van der Waals surface area contributed by atoms with E-state index in [1.165, 1.54) is 33.9 Å². The smallest absolute Gasteiger partial charge is 0.358 e. The van der Waals surface area contributed by atoms with Crippen molar-refractivity contribution in [2.75, 3.05) is 5.32 Å². The third-order valence-electron chi connectivity index (χ3n) is 4.11. The van der Waals surface area contributed by atoms with Gasteiger partial charge in [-0.3, -0.25) is 10.1 Å². The fraction of sp³-hybridized carbons (Fsp3) is 0.294. The Hall–Kier alpha value is -3.63. The number of benzene rings is 1. The molecule has 2 aromatic heterocycles. The molecule has 1 unspecified atom stereocenters. The maximum absolute atomic E-state index is 13.0. The van der Waals surface area contributed by atoms with Crippen LogP contribution in [0.3, 0.4) is 0 Å². The van der Waals surface area contributed by atoms with Crippen molar-refractivity contribution in [3.05, 3.63) is 63.8 Å². The Labute approximate surface area is 159 Å². The molecule has 1 atom stereocenters. The van der Waals surface area contributed by atoms with Crippen molar-refractivity contribution >= 4 is 17.7 Å². The normalized spacial score (nSPS) is 12.0. The van der Waals surface area contributed by atoms with Gasteiger partial charge in [0.2, 0.25) is 5.95 Å². The number of carbonyl (C=O) groups is 1. The summed E-state index contributed by atoms with van der Waals surface area (Å²) in [5.74, 6) is -0.964. The average molecular weight is 387 g/mol. The van der Waals surface area contributed by atoms with E-state index in [0.717, 1.165) is 5.56 Å². The number of hydrogen-bond donors (Lipinski definition) is 1. The van der Waals surface area contributed by atoms with Crippen molar-refractivity contribution in [3.8, 4) is 0 Å². The first kappa shape index (κ1) is 19.1. The highest BCUT2D eigenvalue weighted by atomic mass is 19.1. The number of amides is 1. The van der Waals surface area contributed by atoms with Gasteiger partial charge in [-0.15, -0.1) is 5.10 Å². The van der Waals surface area contributed by atoms with Crippen LogP contribution in [-0.4, -0.2) is 35.4 Å². The lowest BCUT2D eigenvalue weighted by Crippen LogP contribution is -2.27. The maximum atomic E-state index is 13.0. The van der Waals surface area contributed by atoms with Gasteiger partial charge in [0.25, 0.3) is 5.91 Å². The molecule has 1 aromatic carbocycles. The molecule has 28 heavy (non-hydrogen) atoms. The largest absolute Gasteiger partial charge is 0.390 e. The fourth-order valence-electron chi connectivity index (χ4n) is 2.74. The lowest BCUT2D eigenvalue weighted by atomic mass is 10.2. The van der Waals surface area contributed by atoms with E-state index in [1.807, 2.05) is 0 Å². The van der Waals surface area contributed by atoms with Gasteiger partial charge in [-0.1, -0.05) is 19.1 Å². The van der Waals surface area contributed by atoms with Gasteiger partial charge in [-0.05, 0) is 36.0 Å². The lowest BCUT2D eigenvalue weighted by molar-refractivity contribution is -0.389. The third-order valence-corrected chi connectivity index (χ3v) is 4.11. The topological polar surface area (TPSA) is 121 Å². The zero-order valence-corrected chi connectivity index (χ0v) is 15.2. The van der Waals surface area contributed by atoms with Gasteiger partial charge in [-0.2, -0.15) is 4.68 Å². The molecule has 0 aliphatic carbocycles. The summed E-state index contributed by atoms with van der Waals surface area (Å²) < 4.78 is 15.8. The summed E-state index contributed by atoms with van der Waals surface area (Å²) in [6, 6.07) is 6.55. The summed E-state index contributed by atoms with van der Waals surface area (Å²) in [4.78, 5) is 26.9. The molecule has 11 heteroatoms. The Morgan fingerprint density at radius 2 is 2.04 bits per heavy atom. The van der Waals surface area contributed by atoms with Gasteiger partial charge >= 0.3 is 5.82 Å². The van der Waals surface area contributed by atoms with E-state index < -0.39 is 16.9 Å². The summed E-state index contributed by atoms with van der Waals surface area (Å²) in [6.45, 7) is 3.79. The molecule has 3 rings (SSSR count). The molecule has 3 aromatic rings. The van der Waals surface area contributed by atoms with Gasteiger partial charge in [0.1, 0.15) is 12.1 Å². The molecule has 2 heterocycles. The summed E-state index contributed by atoms with van der Waals surface area (Å²) in [5.41, 5.74) is 1.33. The van der Waals surface area contributed by atoms with E-state index in [4.69, 9.17) is 0 Å². The first-order valence-corrected chi connectivity index (χ1v) is 8.52. The van der Waals surface area contributed by atoms with Gasteiger partial charge < -0.3 is 10.1 Å². The van der Waals surface area contributed by atoms with Crippen LogP contribution in [-0.2, 0) is 11.3 Å². The second-order valence-corrected chi connectivity index (χ2v) is 6.15. The Kier molecular flexibility index (Phi) is 5.43. The minimum absolute atomic E-state index is 0.102. The van der Waals surface area contributed by atoms with Gasteiger partial charge in [-0.25, -0.2) is 14.1 Å². The molecule has 146 valence electrons. The number of halogens is 1. The summed E-state index contributed by atoms with van der Waals surface area (Å²) in [7, 11) is 0. The van der Waals surface area contributed by atoms with Crippen LogP contribution in [0.1, 0.15) is 30.6 Å². The van der Waals surface area contributed by atoms with Crippen LogP contribution in [0.25, 0.3) is 0 Å². The highest BCUT2D eigenvalue weighted by molar-refractivity contribution is 5.92. The van der Waals surface area contributed by atoms with E-state index in [2.05, 4.69) is 20.5 Å². The highest BCUT2D eigenvalue weighted by Gasteiger charge is 2.27. The Morgan fingerprint density at radius 1 is 1.32 bits per heavy atom. The van der Waals surface area contributed by atoms with Crippen LogP contribution >= 0.6 is 0 Å². The number of nitrogens with one attached hydrogen (secondary N) is 1. The van der Waals surface area contributed by atoms with Crippen LogP contribution in [0.2, 0.25) is 0 Å². The molecule has 10 nitrogen and oxygen atoms in total. The molecule has 0 fully saturated rings. The lowest BCUT2D eigenvalue weighted by Gasteiger charge is -2.12. The Balaban J connectivity index is 1.70. The molecule has 0 saturated carbocycles. The highest BCUT2D eigenvalue weighted by Crippen LogP contribution is 2.20. The minimum atomic E-state index is -0.738. The first-order chi connectivity index (χ1) is 13.4. The number of nitro groups is 1. The van der Waals surface area contributed by atoms with Crippen molar-refractivity contribution in [1.29, 1.82) is 0 Å². The molecule has 0 radical (unpaired) electrons. The van der Waals surface area contributed by atoms with E-state index in [1.54, 1.807) is 26.0 Å². The molecule has 0 bridgehead atoms. The quantitative estimate of drug-likeness (QED) is 0.491. The second kappa shape index (κ2) is 7.94. The predicted octanol–water partition coefficient (Wildman–Crippen LogP) is 2.47. The number of aromatic nitrogens is 5. The van der Waals surface area contributed by atoms with Crippen LogP contribution in [0.5, 0.6) is 0 Å². The van der Waals surface area contributed by atoms with E-state index in [9.17, 15) is 19.3 Å². The van der Waals surface area contributed by atoms with Gasteiger partial charge in [0.05, 0.1) is 23.4 Å². The molecule has 0 spiro atoms. The van der Waals surface area contributed by atoms with Crippen LogP contribution < -0.4 is 5.32 Å². The van der Waals surface area contributed by atoms with E-state index >= 15 is 0 Å². The Morgan fingerprint density at radius 3 is 2.64 bits per heavy atom. The monoisotopic (exact) mass is 387 g/mol. The van der Waals surface area contributed by atoms with E-state index in [0.29, 0.717) is 18.7 Å². The number of hydrogen-bond acceptors (Lipinski definition) is 6. The van der Waals surface area contributed by atoms with Crippen LogP contribution in [0.4, 0.5) is 16.2 Å². The maximum Gasteiger partial charge on any atom is 0.390 e. The molecule has 0 saturated heterocycles. The predicted molar refractivity (Wildman–Crippen MR) is 97.1 cm³/mol. The van der Waals surface area contributed by atoms with Crippen molar-refractivity contribution in [3.63, 3.8) is 0 Å². The molecule has 0 aliphatic rings. The second-order valence-electron chi connectivity index (χ2n) is 6.15. The average Bonchev–Trinajstić information content (AvgIpc) is 3.25. The van der Waals surface area contributed by atoms with Crippen LogP contribution in [0.15, 0.2) is 36.7 Å². The van der Waals surface area contributed by atoms with Crippen molar-refractivity contribution < 1.29 is 14.1 Å². The van der Waals surface area contributed by atoms with Gasteiger partial charge in [0, 0.05) is 0 Å². The SMILES string of the molecule is CCC(C(=O)Nc1ncn(Cc2ccc(F)cc2)n1)n1nc([N+](=O)[O-])cc1C. The molecule has 1 N–H and O–H groups in total. The van der Waals surface area contributed by atoms with Crippen molar-refractivity contribution in [2.45, 2.75) is 32.9 Å². The minimum Gasteiger partial charge on any atom is -0.358 e. The number of rotatable bonds is 7. The third kappa shape index (κ3) is 4.19. The fourth-order valence-corrected chi connectivity index (χ4v) is 2.74. The van der Waals surface area contributed by atoms with Crippen molar-refractivity contribution in [1.82, 2.24) is 24.5 Å². The number of aryl methyl sites for hydroxylation is 1. The molecular formula is C17H18FN7O3. The summed E-state index contributed by atoms with van der Waals surface area (Å²) >= 11 is 0. The standard InChI is InChI=1S/C17H18FN7O3/c1-3-14(24-11(2)8-15(21-24)25(27)28)16(26)20-17-19-10-23(22-17)9-12-4-6-13(18)7-5-12/h4-8,10,14H,3,9H2,1-2H3,(H,20,22,26). The van der Waals surface area contributed by atoms with E-state index in [-0.39, 0.29) is 17.6 Å². The first-order valence-electron chi connectivity index (χ1n) is 8.52. The van der Waals surface area contributed by atoms with Crippen LogP contribution in [0, 0.1) is 22.9 Å². The zero-order chi connectivity index (χ0) is 20.3. The zero-order valence-electron chi connectivity index (χ0n) is 15.2. The number of anilines is 1. The molecule has 1 amide bonds.